The van der Waals surface area contributed by atoms with Crippen LogP contribution in [0, 0.1) is 6.92 Å². The molecular formula is C25H22O5. The summed E-state index contributed by atoms with van der Waals surface area (Å²) in [6.45, 7) is 2.06. The molecule has 5 nitrogen and oxygen atoms in total. The summed E-state index contributed by atoms with van der Waals surface area (Å²) in [5.74, 6) is 1.66. The van der Waals surface area contributed by atoms with E-state index >= 15 is 0 Å². The van der Waals surface area contributed by atoms with Crippen molar-refractivity contribution in [3.8, 4) is 17.2 Å². The van der Waals surface area contributed by atoms with Gasteiger partial charge in [0.2, 0.25) is 5.75 Å². The topological polar surface area (TPSA) is 54.0 Å². The van der Waals surface area contributed by atoms with Crippen LogP contribution >= 0.6 is 0 Å². The van der Waals surface area contributed by atoms with Gasteiger partial charge in [-0.25, -0.2) is 4.79 Å². The maximum absolute atomic E-state index is 12.5. The third-order valence-corrected chi connectivity index (χ3v) is 5.01. The lowest BCUT2D eigenvalue weighted by atomic mass is 10.0. The van der Waals surface area contributed by atoms with Crippen molar-refractivity contribution < 1.29 is 23.7 Å². The van der Waals surface area contributed by atoms with Gasteiger partial charge in [-0.05, 0) is 53.6 Å². The summed E-state index contributed by atoms with van der Waals surface area (Å²) in [7, 11) is 4.65. The van der Waals surface area contributed by atoms with Crippen LogP contribution in [0.3, 0.4) is 0 Å². The summed E-state index contributed by atoms with van der Waals surface area (Å²) in [6.07, 6.45) is 3.49. The fourth-order valence-corrected chi connectivity index (χ4v) is 3.51. The number of fused-ring (bicyclic) bond motifs is 1. The van der Waals surface area contributed by atoms with Crippen LogP contribution in [0.5, 0.6) is 17.2 Å². The Morgan fingerprint density at radius 3 is 2.17 bits per heavy atom. The Labute approximate surface area is 175 Å². The second-order valence-corrected chi connectivity index (χ2v) is 7.02. The molecule has 0 bridgehead atoms. The summed E-state index contributed by atoms with van der Waals surface area (Å²) in [4.78, 5) is 12.5. The lowest BCUT2D eigenvalue weighted by molar-refractivity contribution is -0.130. The molecule has 0 saturated heterocycles. The van der Waals surface area contributed by atoms with E-state index in [1.807, 2.05) is 18.2 Å². The zero-order valence-electron chi connectivity index (χ0n) is 17.3. The molecule has 3 aromatic rings. The molecule has 0 aliphatic carbocycles. The van der Waals surface area contributed by atoms with Gasteiger partial charge in [-0.2, -0.15) is 0 Å². The molecule has 152 valence electrons. The Morgan fingerprint density at radius 1 is 0.833 bits per heavy atom. The van der Waals surface area contributed by atoms with Crippen molar-refractivity contribution in [2.24, 2.45) is 0 Å². The molecular weight excluding hydrogens is 380 g/mol. The molecule has 1 aliphatic heterocycles. The van der Waals surface area contributed by atoms with Gasteiger partial charge in [-0.15, -0.1) is 0 Å². The van der Waals surface area contributed by atoms with Crippen LogP contribution in [0.25, 0.3) is 22.6 Å². The van der Waals surface area contributed by atoms with E-state index in [1.54, 1.807) is 45.6 Å². The highest BCUT2D eigenvalue weighted by molar-refractivity contribution is 6.05. The fourth-order valence-electron chi connectivity index (χ4n) is 3.51. The second-order valence-electron chi connectivity index (χ2n) is 7.02. The van der Waals surface area contributed by atoms with Crippen molar-refractivity contribution in [2.45, 2.75) is 6.92 Å². The molecule has 0 aromatic heterocycles. The second kappa shape index (κ2) is 7.95. The summed E-state index contributed by atoms with van der Waals surface area (Å²) < 4.78 is 21.6. The molecule has 0 radical (unpaired) electrons. The molecule has 0 atom stereocenters. The van der Waals surface area contributed by atoms with Gasteiger partial charge < -0.3 is 18.9 Å². The summed E-state index contributed by atoms with van der Waals surface area (Å²) >= 11 is 0. The van der Waals surface area contributed by atoms with Crippen LogP contribution in [0.1, 0.15) is 16.7 Å². The molecule has 0 N–H and O–H groups in total. The van der Waals surface area contributed by atoms with Crippen molar-refractivity contribution in [3.05, 3.63) is 76.9 Å². The smallest absolute Gasteiger partial charge is 0.343 e. The van der Waals surface area contributed by atoms with Crippen molar-refractivity contribution in [1.82, 2.24) is 0 Å². The molecule has 0 saturated carbocycles. The Bertz CT molecular complexity index is 1180. The van der Waals surface area contributed by atoms with Crippen LogP contribution in [-0.2, 0) is 9.53 Å². The van der Waals surface area contributed by atoms with Crippen molar-refractivity contribution in [3.63, 3.8) is 0 Å². The molecule has 1 heterocycles. The molecule has 5 heteroatoms. The van der Waals surface area contributed by atoms with Gasteiger partial charge in [-0.3, -0.25) is 0 Å². The van der Waals surface area contributed by atoms with Crippen molar-refractivity contribution in [1.29, 1.82) is 0 Å². The van der Waals surface area contributed by atoms with Crippen LogP contribution in [0.4, 0.5) is 0 Å². The number of hydrogen-bond acceptors (Lipinski definition) is 5. The largest absolute Gasteiger partial charge is 0.493 e. The third-order valence-electron chi connectivity index (χ3n) is 5.01. The van der Waals surface area contributed by atoms with Gasteiger partial charge in [-0.1, -0.05) is 35.9 Å². The first-order valence-corrected chi connectivity index (χ1v) is 9.48. The predicted molar refractivity (Wildman–Crippen MR) is 117 cm³/mol. The number of cyclic esters (lactones) is 1. The lowest BCUT2D eigenvalue weighted by Gasteiger charge is -2.12. The highest BCUT2D eigenvalue weighted by Gasteiger charge is 2.23. The molecule has 0 spiro atoms. The Morgan fingerprint density at radius 2 is 1.50 bits per heavy atom. The minimum Gasteiger partial charge on any atom is -0.493 e. The minimum atomic E-state index is -0.400. The molecule has 0 amide bonds. The summed E-state index contributed by atoms with van der Waals surface area (Å²) in [5.41, 5.74) is 3.25. The van der Waals surface area contributed by atoms with E-state index < -0.39 is 5.97 Å². The Hall–Kier alpha value is -3.73. The molecule has 30 heavy (non-hydrogen) atoms. The van der Waals surface area contributed by atoms with Gasteiger partial charge in [0.1, 0.15) is 5.76 Å². The predicted octanol–water partition coefficient (Wildman–Crippen LogP) is 5.16. The summed E-state index contributed by atoms with van der Waals surface area (Å²) in [5, 5.41) is 2.24. The minimum absolute atomic E-state index is 0.400. The summed E-state index contributed by atoms with van der Waals surface area (Å²) in [6, 6.07) is 15.9. The molecule has 4 rings (SSSR count). The monoisotopic (exact) mass is 402 g/mol. The maximum Gasteiger partial charge on any atom is 0.343 e. The number of carbonyl (C=O) groups is 1. The number of ether oxygens (including phenoxy) is 4. The highest BCUT2D eigenvalue weighted by Crippen LogP contribution is 2.39. The molecule has 0 unspecified atom stereocenters. The van der Waals surface area contributed by atoms with Gasteiger partial charge in [0.15, 0.2) is 11.5 Å². The van der Waals surface area contributed by atoms with Gasteiger partial charge in [0, 0.05) is 5.56 Å². The van der Waals surface area contributed by atoms with Gasteiger partial charge in [0.05, 0.1) is 26.9 Å². The average molecular weight is 402 g/mol. The first-order chi connectivity index (χ1) is 14.5. The van der Waals surface area contributed by atoms with E-state index in [0.717, 1.165) is 21.9 Å². The molecule has 1 aliphatic rings. The zero-order chi connectivity index (χ0) is 21.3. The first-order valence-electron chi connectivity index (χ1n) is 9.48. The molecule has 3 aromatic carbocycles. The van der Waals surface area contributed by atoms with Crippen LogP contribution in [0.2, 0.25) is 0 Å². The van der Waals surface area contributed by atoms with E-state index in [0.29, 0.717) is 28.6 Å². The van der Waals surface area contributed by atoms with Crippen molar-refractivity contribution >= 4 is 28.6 Å². The number of aryl methyl sites for hydroxylation is 1. The van der Waals surface area contributed by atoms with E-state index in [2.05, 4.69) is 25.1 Å². The average Bonchev–Trinajstić information content (AvgIpc) is 3.12. The van der Waals surface area contributed by atoms with E-state index in [9.17, 15) is 4.79 Å². The lowest BCUT2D eigenvalue weighted by Crippen LogP contribution is -1.98. The van der Waals surface area contributed by atoms with Crippen molar-refractivity contribution in [2.75, 3.05) is 21.3 Å². The fraction of sp³-hybridized carbons (Fsp3) is 0.160. The van der Waals surface area contributed by atoms with E-state index in [-0.39, 0.29) is 0 Å². The maximum atomic E-state index is 12.5. The van der Waals surface area contributed by atoms with E-state index in [1.165, 1.54) is 5.56 Å². The first kappa shape index (κ1) is 19.6. The number of esters is 1. The number of carbonyl (C=O) groups excluding carboxylic acids is 1. The van der Waals surface area contributed by atoms with Crippen LogP contribution in [-0.4, -0.2) is 27.3 Å². The number of rotatable bonds is 5. The SMILES string of the molecule is COc1cc(C=C2C=C(c3ccc4cc(C)ccc4c3)OC2=O)cc(OC)c1OC. The standard InChI is InChI=1S/C25H22O5/c1-15-5-6-18-13-19(8-7-17(18)9-15)21-14-20(25(26)30-21)10-16-11-22(27-2)24(29-4)23(12-16)28-3/h5-14H,1-4H3. The highest BCUT2D eigenvalue weighted by atomic mass is 16.5. The van der Waals surface area contributed by atoms with Crippen LogP contribution < -0.4 is 14.2 Å². The number of benzene rings is 3. The molecule has 0 fully saturated rings. The number of hydrogen-bond donors (Lipinski definition) is 0. The van der Waals surface area contributed by atoms with E-state index in [4.69, 9.17) is 18.9 Å². The zero-order valence-corrected chi connectivity index (χ0v) is 17.3. The Balaban J connectivity index is 1.72. The quantitative estimate of drug-likeness (QED) is 0.436. The van der Waals surface area contributed by atoms with Gasteiger partial charge >= 0.3 is 5.97 Å². The van der Waals surface area contributed by atoms with Crippen LogP contribution in [0.15, 0.2) is 60.2 Å². The van der Waals surface area contributed by atoms with Gasteiger partial charge in [0.25, 0.3) is 0 Å². The third kappa shape index (κ3) is 3.62. The normalized spacial score (nSPS) is 14.6. The number of methoxy groups -OCH3 is 3. The Kier molecular flexibility index (Phi) is 5.19.